The van der Waals surface area contributed by atoms with Crippen LogP contribution in [0, 0.1) is 5.92 Å². The van der Waals surface area contributed by atoms with E-state index in [0.717, 1.165) is 22.5 Å². The van der Waals surface area contributed by atoms with E-state index in [4.69, 9.17) is 0 Å². The van der Waals surface area contributed by atoms with Crippen LogP contribution in [0.1, 0.15) is 45.3 Å². The van der Waals surface area contributed by atoms with Crippen LogP contribution in [0.5, 0.6) is 0 Å². The van der Waals surface area contributed by atoms with Crippen LogP contribution in [0.25, 0.3) is 0 Å². The van der Waals surface area contributed by atoms with Crippen molar-refractivity contribution in [3.05, 3.63) is 28.2 Å². The molecule has 1 aliphatic rings. The standard InChI is InChI=1S/C15H22BrNO/c1-10-4-5-11(2)17(9-10)15-7-6-13(16)8-14(15)12(3)18/h6-8,10-12,18H,4-5,9H2,1-3H3. The number of rotatable bonds is 2. The Hall–Kier alpha value is -0.540. The summed E-state index contributed by atoms with van der Waals surface area (Å²) >= 11 is 3.49. The minimum Gasteiger partial charge on any atom is -0.389 e. The summed E-state index contributed by atoms with van der Waals surface area (Å²) in [5, 5.41) is 9.96. The molecule has 100 valence electrons. The highest BCUT2D eigenvalue weighted by Crippen LogP contribution is 2.34. The van der Waals surface area contributed by atoms with Gasteiger partial charge in [-0.3, -0.25) is 0 Å². The van der Waals surface area contributed by atoms with E-state index in [1.165, 1.54) is 18.5 Å². The quantitative estimate of drug-likeness (QED) is 0.887. The number of benzene rings is 1. The Morgan fingerprint density at radius 1 is 1.33 bits per heavy atom. The molecule has 0 spiro atoms. The van der Waals surface area contributed by atoms with Gasteiger partial charge in [-0.2, -0.15) is 0 Å². The predicted molar refractivity (Wildman–Crippen MR) is 80.0 cm³/mol. The number of hydrogen-bond donors (Lipinski definition) is 1. The lowest BCUT2D eigenvalue weighted by atomic mass is 9.93. The number of anilines is 1. The number of hydrogen-bond acceptors (Lipinski definition) is 2. The highest BCUT2D eigenvalue weighted by molar-refractivity contribution is 9.10. The van der Waals surface area contributed by atoms with Gasteiger partial charge in [0, 0.05) is 28.3 Å². The van der Waals surface area contributed by atoms with Crippen LogP contribution in [0.2, 0.25) is 0 Å². The third kappa shape index (κ3) is 2.89. The average molecular weight is 312 g/mol. The smallest absolute Gasteiger partial charge is 0.0782 e. The van der Waals surface area contributed by atoms with Gasteiger partial charge in [0.2, 0.25) is 0 Å². The Balaban J connectivity index is 2.36. The van der Waals surface area contributed by atoms with Gasteiger partial charge in [-0.05, 0) is 50.8 Å². The van der Waals surface area contributed by atoms with Crippen molar-refractivity contribution in [2.24, 2.45) is 5.92 Å². The van der Waals surface area contributed by atoms with E-state index in [1.807, 2.05) is 13.0 Å². The fourth-order valence-corrected chi connectivity index (χ4v) is 3.12. The second-order valence-electron chi connectivity index (χ2n) is 5.56. The number of aliphatic hydroxyl groups excluding tert-OH is 1. The fraction of sp³-hybridized carbons (Fsp3) is 0.600. The minimum atomic E-state index is -0.429. The predicted octanol–water partition coefficient (Wildman–Crippen LogP) is 4.13. The van der Waals surface area contributed by atoms with Gasteiger partial charge in [-0.25, -0.2) is 0 Å². The molecule has 1 heterocycles. The van der Waals surface area contributed by atoms with Crippen LogP contribution in [-0.2, 0) is 0 Å². The molecule has 0 radical (unpaired) electrons. The Kier molecular flexibility index (Phi) is 4.33. The van der Waals surface area contributed by atoms with Gasteiger partial charge in [0.15, 0.2) is 0 Å². The second kappa shape index (κ2) is 5.62. The number of piperidine rings is 1. The molecule has 0 aromatic heterocycles. The lowest BCUT2D eigenvalue weighted by molar-refractivity contribution is 0.199. The molecule has 18 heavy (non-hydrogen) atoms. The lowest BCUT2D eigenvalue weighted by Gasteiger charge is -2.40. The summed E-state index contributed by atoms with van der Waals surface area (Å²) in [5.74, 6) is 0.728. The molecule has 1 N–H and O–H groups in total. The summed E-state index contributed by atoms with van der Waals surface area (Å²) in [6.45, 7) is 7.51. The van der Waals surface area contributed by atoms with Gasteiger partial charge < -0.3 is 10.0 Å². The van der Waals surface area contributed by atoms with Crippen LogP contribution in [-0.4, -0.2) is 17.7 Å². The van der Waals surface area contributed by atoms with Crippen molar-refractivity contribution in [3.63, 3.8) is 0 Å². The summed E-state index contributed by atoms with van der Waals surface area (Å²) < 4.78 is 1.03. The van der Waals surface area contributed by atoms with Gasteiger partial charge in [-0.1, -0.05) is 22.9 Å². The molecule has 0 amide bonds. The molecule has 3 heteroatoms. The molecule has 3 unspecified atom stereocenters. The molecule has 1 aromatic carbocycles. The van der Waals surface area contributed by atoms with Gasteiger partial charge >= 0.3 is 0 Å². The average Bonchev–Trinajstić information content (AvgIpc) is 2.32. The maximum Gasteiger partial charge on any atom is 0.0782 e. The number of nitrogens with zero attached hydrogens (tertiary/aromatic N) is 1. The van der Waals surface area contributed by atoms with Crippen LogP contribution < -0.4 is 4.90 Å². The van der Waals surface area contributed by atoms with E-state index < -0.39 is 6.10 Å². The highest BCUT2D eigenvalue weighted by atomic mass is 79.9. The fourth-order valence-electron chi connectivity index (χ4n) is 2.75. The maximum atomic E-state index is 9.96. The van der Waals surface area contributed by atoms with Crippen LogP contribution in [0.4, 0.5) is 5.69 Å². The minimum absolute atomic E-state index is 0.429. The van der Waals surface area contributed by atoms with E-state index in [1.54, 1.807) is 0 Å². The molecule has 0 saturated carbocycles. The Morgan fingerprint density at radius 2 is 2.06 bits per heavy atom. The van der Waals surface area contributed by atoms with Gasteiger partial charge in [0.25, 0.3) is 0 Å². The summed E-state index contributed by atoms with van der Waals surface area (Å²) in [5.41, 5.74) is 2.21. The first-order valence-electron chi connectivity index (χ1n) is 6.73. The van der Waals surface area contributed by atoms with Gasteiger partial charge in [-0.15, -0.1) is 0 Å². The van der Waals surface area contributed by atoms with Crippen molar-refractivity contribution in [2.45, 2.75) is 45.8 Å². The molecule has 1 aromatic rings. The molecule has 0 bridgehead atoms. The van der Waals surface area contributed by atoms with E-state index in [-0.39, 0.29) is 0 Å². The molecule has 3 atom stereocenters. The van der Waals surface area contributed by atoms with E-state index in [9.17, 15) is 5.11 Å². The summed E-state index contributed by atoms with van der Waals surface area (Å²) in [4.78, 5) is 2.45. The monoisotopic (exact) mass is 311 g/mol. The Labute approximate surface area is 118 Å². The first kappa shape index (κ1) is 13.9. The zero-order valence-electron chi connectivity index (χ0n) is 11.4. The van der Waals surface area contributed by atoms with Crippen LogP contribution in [0.3, 0.4) is 0 Å². The molecular formula is C15H22BrNO. The summed E-state index contributed by atoms with van der Waals surface area (Å²) in [7, 11) is 0. The Morgan fingerprint density at radius 3 is 2.72 bits per heavy atom. The number of halogens is 1. The van der Waals surface area contributed by atoms with E-state index in [0.29, 0.717) is 6.04 Å². The van der Waals surface area contributed by atoms with E-state index in [2.05, 4.69) is 46.8 Å². The summed E-state index contributed by atoms with van der Waals surface area (Å²) in [6.07, 6.45) is 2.11. The first-order valence-corrected chi connectivity index (χ1v) is 7.52. The molecule has 2 nitrogen and oxygen atoms in total. The van der Waals surface area contributed by atoms with Crippen LogP contribution in [0.15, 0.2) is 22.7 Å². The van der Waals surface area contributed by atoms with Crippen molar-refractivity contribution < 1.29 is 5.11 Å². The van der Waals surface area contributed by atoms with Crippen molar-refractivity contribution in [3.8, 4) is 0 Å². The maximum absolute atomic E-state index is 9.96. The van der Waals surface area contributed by atoms with Crippen molar-refractivity contribution in [1.82, 2.24) is 0 Å². The van der Waals surface area contributed by atoms with E-state index >= 15 is 0 Å². The zero-order chi connectivity index (χ0) is 13.3. The topological polar surface area (TPSA) is 23.5 Å². The third-order valence-electron chi connectivity index (χ3n) is 3.87. The largest absolute Gasteiger partial charge is 0.389 e. The molecule has 1 fully saturated rings. The van der Waals surface area contributed by atoms with Gasteiger partial charge in [0.1, 0.15) is 0 Å². The molecular weight excluding hydrogens is 290 g/mol. The zero-order valence-corrected chi connectivity index (χ0v) is 12.9. The van der Waals surface area contributed by atoms with Crippen molar-refractivity contribution in [2.75, 3.05) is 11.4 Å². The lowest BCUT2D eigenvalue weighted by Crippen LogP contribution is -2.41. The molecule has 2 rings (SSSR count). The Bertz CT molecular complexity index is 419. The highest BCUT2D eigenvalue weighted by Gasteiger charge is 2.25. The normalized spacial score (nSPS) is 26.2. The molecule has 0 aliphatic carbocycles. The SMILES string of the molecule is CC1CCC(C)N(c2ccc(Br)cc2C(C)O)C1. The van der Waals surface area contributed by atoms with Gasteiger partial charge in [0.05, 0.1) is 6.10 Å². The van der Waals surface area contributed by atoms with Crippen molar-refractivity contribution >= 4 is 21.6 Å². The third-order valence-corrected chi connectivity index (χ3v) is 4.36. The second-order valence-corrected chi connectivity index (χ2v) is 6.48. The molecule has 1 saturated heterocycles. The first-order chi connectivity index (χ1) is 8.49. The summed E-state index contributed by atoms with van der Waals surface area (Å²) in [6, 6.07) is 6.78. The van der Waals surface area contributed by atoms with Crippen molar-refractivity contribution in [1.29, 1.82) is 0 Å². The van der Waals surface area contributed by atoms with Crippen LogP contribution >= 0.6 is 15.9 Å². The number of aliphatic hydroxyl groups is 1. The molecule has 1 aliphatic heterocycles.